The van der Waals surface area contributed by atoms with Crippen molar-refractivity contribution in [3.8, 4) is 0 Å². The van der Waals surface area contributed by atoms with Crippen molar-refractivity contribution in [1.29, 1.82) is 0 Å². The molecule has 1 unspecified atom stereocenters. The van der Waals surface area contributed by atoms with Gasteiger partial charge in [0.1, 0.15) is 0 Å². The highest BCUT2D eigenvalue weighted by molar-refractivity contribution is 6.28. The van der Waals surface area contributed by atoms with Crippen molar-refractivity contribution >= 4 is 17.4 Å². The fraction of sp³-hybridized carbons (Fsp3) is 0.625. The Morgan fingerprint density at radius 1 is 1.70 bits per heavy atom. The van der Waals surface area contributed by atoms with Gasteiger partial charge in [-0.25, -0.2) is 0 Å². The van der Waals surface area contributed by atoms with Crippen molar-refractivity contribution in [1.82, 2.24) is 0 Å². The van der Waals surface area contributed by atoms with E-state index in [0.29, 0.717) is 0 Å². The molecule has 0 spiro atoms. The number of Topliss-reactive ketones (excluding diaryl/α,β-unsaturated/α-hetero) is 1. The molecule has 1 nitrogen and oxygen atoms in total. The average Bonchev–Trinajstić information content (AvgIpc) is 2.05. The Morgan fingerprint density at radius 2 is 2.50 bits per heavy atom. The highest BCUT2D eigenvalue weighted by Crippen LogP contribution is 2.17. The minimum atomic E-state index is 0.117. The highest BCUT2D eigenvalue weighted by Gasteiger charge is 2.15. The van der Waals surface area contributed by atoms with E-state index in [-0.39, 0.29) is 17.6 Å². The van der Waals surface area contributed by atoms with Crippen LogP contribution in [0.2, 0.25) is 0 Å². The van der Waals surface area contributed by atoms with Crippen LogP contribution in [0.3, 0.4) is 0 Å². The lowest BCUT2D eigenvalue weighted by Gasteiger charge is -2.12. The van der Waals surface area contributed by atoms with E-state index in [9.17, 15) is 4.79 Å². The number of hydrogen-bond acceptors (Lipinski definition) is 1. The van der Waals surface area contributed by atoms with Crippen molar-refractivity contribution in [2.24, 2.45) is 5.92 Å². The molecule has 1 atom stereocenters. The van der Waals surface area contributed by atoms with Crippen LogP contribution in [0.15, 0.2) is 12.2 Å². The smallest absolute Gasteiger partial charge is 0.154 e. The van der Waals surface area contributed by atoms with Crippen LogP contribution in [0.1, 0.15) is 19.3 Å². The summed E-state index contributed by atoms with van der Waals surface area (Å²) in [6.07, 6.45) is 7.28. The van der Waals surface area contributed by atoms with Gasteiger partial charge in [0.15, 0.2) is 5.78 Å². The number of halogens is 1. The topological polar surface area (TPSA) is 17.1 Å². The second-order valence-corrected chi connectivity index (χ2v) is 2.83. The van der Waals surface area contributed by atoms with Gasteiger partial charge in [0.05, 0.1) is 5.88 Å². The van der Waals surface area contributed by atoms with Crippen LogP contribution < -0.4 is 0 Å². The number of hydrogen-bond donors (Lipinski definition) is 0. The molecule has 0 heterocycles. The molecule has 1 rings (SSSR count). The number of rotatable bonds is 2. The molecular weight excluding hydrogens is 148 g/mol. The van der Waals surface area contributed by atoms with Crippen molar-refractivity contribution in [3.05, 3.63) is 12.2 Å². The SMILES string of the molecule is O=C(CCl)C1C=CCCC1. The molecule has 0 aliphatic heterocycles. The van der Waals surface area contributed by atoms with Crippen molar-refractivity contribution in [2.45, 2.75) is 19.3 Å². The third-order valence-corrected chi connectivity index (χ3v) is 2.06. The average molecular weight is 159 g/mol. The van der Waals surface area contributed by atoms with Crippen LogP contribution >= 0.6 is 11.6 Å². The molecule has 0 aromatic rings. The maximum atomic E-state index is 11.0. The quantitative estimate of drug-likeness (QED) is 0.445. The predicted octanol–water partition coefficient (Wildman–Crippen LogP) is 2.15. The molecule has 56 valence electrons. The molecular formula is C8H11ClO. The van der Waals surface area contributed by atoms with Crippen LogP contribution in [0.5, 0.6) is 0 Å². The van der Waals surface area contributed by atoms with E-state index in [2.05, 4.69) is 6.08 Å². The molecule has 2 heteroatoms. The molecule has 0 bridgehead atoms. The van der Waals surface area contributed by atoms with Gasteiger partial charge in [-0.3, -0.25) is 4.79 Å². The van der Waals surface area contributed by atoms with E-state index in [1.165, 1.54) is 0 Å². The molecule has 0 N–H and O–H groups in total. The molecule has 1 aliphatic rings. The van der Waals surface area contributed by atoms with E-state index in [1.807, 2.05) is 6.08 Å². The molecule has 0 radical (unpaired) electrons. The lowest BCUT2D eigenvalue weighted by atomic mass is 9.93. The third kappa shape index (κ3) is 1.84. The van der Waals surface area contributed by atoms with Gasteiger partial charge in [0.2, 0.25) is 0 Å². The Balaban J connectivity index is 2.46. The van der Waals surface area contributed by atoms with E-state index in [4.69, 9.17) is 11.6 Å². The zero-order valence-corrected chi connectivity index (χ0v) is 6.60. The van der Waals surface area contributed by atoms with Gasteiger partial charge in [0, 0.05) is 5.92 Å². The lowest BCUT2D eigenvalue weighted by Crippen LogP contribution is -2.15. The molecule has 0 amide bonds. The number of allylic oxidation sites excluding steroid dienone is 2. The van der Waals surface area contributed by atoms with Gasteiger partial charge >= 0.3 is 0 Å². The predicted molar refractivity (Wildman–Crippen MR) is 42.2 cm³/mol. The van der Waals surface area contributed by atoms with E-state index in [0.717, 1.165) is 19.3 Å². The Labute approximate surface area is 66.1 Å². The molecule has 0 fully saturated rings. The number of alkyl halides is 1. The van der Waals surface area contributed by atoms with Gasteiger partial charge in [-0.05, 0) is 19.3 Å². The minimum Gasteiger partial charge on any atom is -0.298 e. The van der Waals surface area contributed by atoms with Gasteiger partial charge in [0.25, 0.3) is 0 Å². The fourth-order valence-corrected chi connectivity index (χ4v) is 1.38. The second-order valence-electron chi connectivity index (χ2n) is 2.57. The molecule has 0 saturated heterocycles. The standard InChI is InChI=1S/C8H11ClO/c9-6-8(10)7-4-2-1-3-5-7/h2,4,7H,1,3,5-6H2. The van der Waals surface area contributed by atoms with Gasteiger partial charge < -0.3 is 0 Å². The summed E-state index contributed by atoms with van der Waals surface area (Å²) in [5, 5.41) is 0. The first-order chi connectivity index (χ1) is 4.84. The molecule has 1 aliphatic carbocycles. The summed E-state index contributed by atoms with van der Waals surface area (Å²) in [5.74, 6) is 0.443. The summed E-state index contributed by atoms with van der Waals surface area (Å²) in [4.78, 5) is 11.0. The summed E-state index contributed by atoms with van der Waals surface area (Å²) >= 11 is 5.40. The summed E-state index contributed by atoms with van der Waals surface area (Å²) < 4.78 is 0. The third-order valence-electron chi connectivity index (χ3n) is 1.80. The van der Waals surface area contributed by atoms with Crippen LogP contribution in [-0.4, -0.2) is 11.7 Å². The Morgan fingerprint density at radius 3 is 3.00 bits per heavy atom. The normalized spacial score (nSPS) is 24.7. The maximum Gasteiger partial charge on any atom is 0.154 e. The Kier molecular flexibility index (Phi) is 2.94. The van der Waals surface area contributed by atoms with Gasteiger partial charge in [-0.2, -0.15) is 0 Å². The van der Waals surface area contributed by atoms with Crippen LogP contribution in [0, 0.1) is 5.92 Å². The van der Waals surface area contributed by atoms with Gasteiger partial charge in [-0.15, -0.1) is 11.6 Å². The monoisotopic (exact) mass is 158 g/mol. The summed E-state index contributed by atoms with van der Waals surface area (Å²) in [7, 11) is 0. The zero-order chi connectivity index (χ0) is 7.40. The highest BCUT2D eigenvalue weighted by atomic mass is 35.5. The first-order valence-corrected chi connectivity index (χ1v) is 4.13. The minimum absolute atomic E-state index is 0.117. The summed E-state index contributed by atoms with van der Waals surface area (Å²) in [5.41, 5.74) is 0. The second kappa shape index (κ2) is 3.77. The van der Waals surface area contributed by atoms with E-state index < -0.39 is 0 Å². The van der Waals surface area contributed by atoms with Crippen LogP contribution in [0.25, 0.3) is 0 Å². The zero-order valence-electron chi connectivity index (χ0n) is 5.85. The molecule has 0 aromatic carbocycles. The Hall–Kier alpha value is -0.300. The summed E-state index contributed by atoms with van der Waals surface area (Å²) in [6, 6.07) is 0. The van der Waals surface area contributed by atoms with Crippen molar-refractivity contribution in [2.75, 3.05) is 5.88 Å². The first-order valence-electron chi connectivity index (χ1n) is 3.60. The summed E-state index contributed by atoms with van der Waals surface area (Å²) in [6.45, 7) is 0. The van der Waals surface area contributed by atoms with E-state index in [1.54, 1.807) is 0 Å². The molecule has 0 aromatic heterocycles. The first kappa shape index (κ1) is 7.80. The fourth-order valence-electron chi connectivity index (χ4n) is 1.18. The van der Waals surface area contributed by atoms with Crippen molar-refractivity contribution < 1.29 is 4.79 Å². The van der Waals surface area contributed by atoms with Gasteiger partial charge in [-0.1, -0.05) is 12.2 Å². The molecule has 0 saturated carbocycles. The van der Waals surface area contributed by atoms with Crippen molar-refractivity contribution in [3.63, 3.8) is 0 Å². The van der Waals surface area contributed by atoms with Crippen LogP contribution in [-0.2, 0) is 4.79 Å². The lowest BCUT2D eigenvalue weighted by molar-refractivity contribution is -0.119. The number of ketones is 1. The largest absolute Gasteiger partial charge is 0.298 e. The van der Waals surface area contributed by atoms with E-state index >= 15 is 0 Å². The Bertz CT molecular complexity index is 151. The molecule has 10 heavy (non-hydrogen) atoms. The number of carbonyl (C=O) groups is 1. The maximum absolute atomic E-state index is 11.0. The number of carbonyl (C=O) groups excluding carboxylic acids is 1. The van der Waals surface area contributed by atoms with Crippen LogP contribution in [0.4, 0.5) is 0 Å².